The predicted octanol–water partition coefficient (Wildman–Crippen LogP) is 3.82. The van der Waals surface area contributed by atoms with Crippen LogP contribution < -0.4 is 0 Å². The first-order valence-corrected chi connectivity index (χ1v) is 9.89. The van der Waals surface area contributed by atoms with Crippen LogP contribution >= 0.6 is 11.6 Å². The van der Waals surface area contributed by atoms with Gasteiger partial charge in [0.15, 0.2) is 5.82 Å². The highest BCUT2D eigenvalue weighted by atomic mass is 35.5. The second-order valence-corrected chi connectivity index (χ2v) is 7.24. The molecular formula is C19H26ClN5O. The lowest BCUT2D eigenvalue weighted by molar-refractivity contribution is -0.134. The van der Waals surface area contributed by atoms with E-state index in [9.17, 15) is 4.79 Å². The molecule has 6 nitrogen and oxygen atoms in total. The van der Waals surface area contributed by atoms with Gasteiger partial charge in [-0.15, -0.1) is 5.10 Å². The molecule has 0 saturated heterocycles. The lowest BCUT2D eigenvalue weighted by atomic mass is 9.94. The topological polar surface area (TPSA) is 63.9 Å². The van der Waals surface area contributed by atoms with Crippen molar-refractivity contribution in [1.29, 1.82) is 0 Å². The molecule has 7 heteroatoms. The highest BCUT2D eigenvalue weighted by Gasteiger charge is 2.23. The standard InChI is InChI=1S/C19H26ClN5O/c1-2-24(16-7-4-3-5-8-16)19(26)10-6-9-18-21-22-23-25(18)17-13-11-15(20)12-14-17/h11-14,16H,2-10H2,1H3. The van der Waals surface area contributed by atoms with Crippen LogP contribution in [0.1, 0.15) is 57.7 Å². The van der Waals surface area contributed by atoms with Crippen molar-refractivity contribution in [3.8, 4) is 5.69 Å². The number of nitrogens with zero attached hydrogens (tertiary/aromatic N) is 5. The highest BCUT2D eigenvalue weighted by Crippen LogP contribution is 2.23. The first kappa shape index (κ1) is 18.8. The molecule has 140 valence electrons. The zero-order chi connectivity index (χ0) is 18.4. The number of carbonyl (C=O) groups excluding carboxylic acids is 1. The summed E-state index contributed by atoms with van der Waals surface area (Å²) in [4.78, 5) is 14.7. The van der Waals surface area contributed by atoms with Crippen LogP contribution in [0, 0.1) is 0 Å². The van der Waals surface area contributed by atoms with Crippen LogP contribution in [0.3, 0.4) is 0 Å². The first-order valence-electron chi connectivity index (χ1n) is 9.51. The van der Waals surface area contributed by atoms with Gasteiger partial charge in [-0.2, -0.15) is 4.68 Å². The van der Waals surface area contributed by atoms with Crippen molar-refractivity contribution in [2.24, 2.45) is 0 Å². The van der Waals surface area contributed by atoms with Crippen LogP contribution in [-0.4, -0.2) is 43.6 Å². The van der Waals surface area contributed by atoms with Crippen LogP contribution in [0.25, 0.3) is 5.69 Å². The van der Waals surface area contributed by atoms with Crippen molar-refractivity contribution in [3.05, 3.63) is 35.1 Å². The van der Waals surface area contributed by atoms with Gasteiger partial charge in [-0.05, 0) is 60.9 Å². The minimum Gasteiger partial charge on any atom is -0.340 e. The van der Waals surface area contributed by atoms with Crippen LogP contribution in [0.4, 0.5) is 0 Å². The third-order valence-corrected chi connectivity index (χ3v) is 5.32. The lowest BCUT2D eigenvalue weighted by Crippen LogP contribution is -2.41. The van der Waals surface area contributed by atoms with Gasteiger partial charge >= 0.3 is 0 Å². The minimum absolute atomic E-state index is 0.255. The Hall–Kier alpha value is -1.95. The van der Waals surface area contributed by atoms with E-state index in [2.05, 4.69) is 27.3 Å². The maximum atomic E-state index is 12.6. The van der Waals surface area contributed by atoms with E-state index in [1.54, 1.807) is 4.68 Å². The Labute approximate surface area is 159 Å². The van der Waals surface area contributed by atoms with Gasteiger partial charge in [0.25, 0.3) is 0 Å². The number of benzene rings is 1. The zero-order valence-corrected chi connectivity index (χ0v) is 16.0. The van der Waals surface area contributed by atoms with Gasteiger partial charge in [-0.25, -0.2) is 0 Å². The molecule has 0 aliphatic heterocycles. The van der Waals surface area contributed by atoms with E-state index in [1.165, 1.54) is 19.3 Å². The number of halogens is 1. The largest absolute Gasteiger partial charge is 0.340 e. The van der Waals surface area contributed by atoms with Gasteiger partial charge in [0, 0.05) is 30.5 Å². The fourth-order valence-electron chi connectivity index (χ4n) is 3.72. The van der Waals surface area contributed by atoms with E-state index in [1.807, 2.05) is 24.3 Å². The van der Waals surface area contributed by atoms with Crippen molar-refractivity contribution >= 4 is 17.5 Å². The predicted molar refractivity (Wildman–Crippen MR) is 101 cm³/mol. The normalized spacial score (nSPS) is 15.2. The molecule has 0 unspecified atom stereocenters. The molecule has 2 aromatic rings. The number of hydrogen-bond donors (Lipinski definition) is 0. The average molecular weight is 376 g/mol. The monoisotopic (exact) mass is 375 g/mol. The molecular weight excluding hydrogens is 350 g/mol. The number of hydrogen-bond acceptors (Lipinski definition) is 4. The molecule has 1 fully saturated rings. The summed E-state index contributed by atoms with van der Waals surface area (Å²) in [7, 11) is 0. The van der Waals surface area contributed by atoms with E-state index in [0.717, 1.165) is 37.3 Å². The van der Waals surface area contributed by atoms with Crippen molar-refractivity contribution < 1.29 is 4.79 Å². The Kier molecular flexibility index (Phi) is 6.61. The number of aromatic nitrogens is 4. The van der Waals surface area contributed by atoms with E-state index < -0.39 is 0 Å². The maximum Gasteiger partial charge on any atom is 0.222 e. The molecule has 0 atom stereocenters. The molecule has 0 radical (unpaired) electrons. The van der Waals surface area contributed by atoms with E-state index >= 15 is 0 Å². The van der Waals surface area contributed by atoms with Crippen molar-refractivity contribution in [2.45, 2.75) is 64.3 Å². The van der Waals surface area contributed by atoms with Gasteiger partial charge < -0.3 is 4.90 Å². The van der Waals surface area contributed by atoms with Gasteiger partial charge in [0.05, 0.1) is 5.69 Å². The van der Waals surface area contributed by atoms with Crippen molar-refractivity contribution in [1.82, 2.24) is 25.1 Å². The van der Waals surface area contributed by atoms with Crippen LogP contribution in [0.15, 0.2) is 24.3 Å². The van der Waals surface area contributed by atoms with Crippen molar-refractivity contribution in [3.63, 3.8) is 0 Å². The molecule has 0 bridgehead atoms. The van der Waals surface area contributed by atoms with E-state index in [-0.39, 0.29) is 5.91 Å². The Morgan fingerprint density at radius 3 is 2.65 bits per heavy atom. The van der Waals surface area contributed by atoms with Gasteiger partial charge in [0.1, 0.15) is 0 Å². The van der Waals surface area contributed by atoms with Gasteiger partial charge in [-0.3, -0.25) is 4.79 Å². The molecule has 3 rings (SSSR count). The summed E-state index contributed by atoms with van der Waals surface area (Å²) in [6.45, 7) is 2.87. The minimum atomic E-state index is 0.255. The first-order chi connectivity index (χ1) is 12.7. The Balaban J connectivity index is 1.55. The summed E-state index contributed by atoms with van der Waals surface area (Å²) in [5.74, 6) is 1.02. The smallest absolute Gasteiger partial charge is 0.222 e. The summed E-state index contributed by atoms with van der Waals surface area (Å²) in [5, 5.41) is 12.6. The number of carbonyl (C=O) groups is 1. The van der Waals surface area contributed by atoms with Gasteiger partial charge in [-0.1, -0.05) is 30.9 Å². The maximum absolute atomic E-state index is 12.6. The lowest BCUT2D eigenvalue weighted by Gasteiger charge is -2.33. The molecule has 1 aromatic heterocycles. The molecule has 1 aliphatic rings. The number of rotatable bonds is 7. The highest BCUT2D eigenvalue weighted by molar-refractivity contribution is 6.30. The number of amides is 1. The average Bonchev–Trinajstić information content (AvgIpc) is 3.12. The van der Waals surface area contributed by atoms with E-state index in [4.69, 9.17) is 11.6 Å². The molecule has 1 heterocycles. The number of aryl methyl sites for hydroxylation is 1. The summed E-state index contributed by atoms with van der Waals surface area (Å²) in [6, 6.07) is 7.83. The Morgan fingerprint density at radius 2 is 1.96 bits per heavy atom. The zero-order valence-electron chi connectivity index (χ0n) is 15.3. The molecule has 1 saturated carbocycles. The second-order valence-electron chi connectivity index (χ2n) is 6.81. The summed E-state index contributed by atoms with van der Waals surface area (Å²) >= 11 is 5.94. The SMILES string of the molecule is CCN(C(=O)CCCc1nnnn1-c1ccc(Cl)cc1)C1CCCCC1. The van der Waals surface area contributed by atoms with Crippen molar-refractivity contribution in [2.75, 3.05) is 6.54 Å². The summed E-state index contributed by atoms with van der Waals surface area (Å²) in [5.41, 5.74) is 0.873. The van der Waals surface area contributed by atoms with Gasteiger partial charge in [0.2, 0.25) is 5.91 Å². The quantitative estimate of drug-likeness (QED) is 0.737. The molecule has 1 amide bonds. The van der Waals surface area contributed by atoms with E-state index in [0.29, 0.717) is 23.9 Å². The fraction of sp³-hybridized carbons (Fsp3) is 0.579. The molecule has 0 N–H and O–H groups in total. The molecule has 26 heavy (non-hydrogen) atoms. The molecule has 1 aromatic carbocycles. The number of tetrazole rings is 1. The molecule has 1 aliphatic carbocycles. The summed E-state index contributed by atoms with van der Waals surface area (Å²) in [6.07, 6.45) is 8.03. The van der Waals surface area contributed by atoms with Crippen LogP contribution in [0.2, 0.25) is 5.02 Å². The van der Waals surface area contributed by atoms with Crippen LogP contribution in [0.5, 0.6) is 0 Å². The third kappa shape index (κ3) is 4.61. The van der Waals surface area contributed by atoms with Crippen LogP contribution in [-0.2, 0) is 11.2 Å². The molecule has 0 spiro atoms. The fourth-order valence-corrected chi connectivity index (χ4v) is 3.84. The second kappa shape index (κ2) is 9.12. The summed E-state index contributed by atoms with van der Waals surface area (Å²) < 4.78 is 1.71. The Morgan fingerprint density at radius 1 is 1.23 bits per heavy atom. The third-order valence-electron chi connectivity index (χ3n) is 5.07. The Bertz CT molecular complexity index is 709.